The molecule has 3 fully saturated rings. The Balaban J connectivity index is 1.92. The van der Waals surface area contributed by atoms with Crippen molar-refractivity contribution in [2.75, 3.05) is 6.61 Å². The zero-order valence-electron chi connectivity index (χ0n) is 12.8. The minimum absolute atomic E-state index is 0.153. The molecule has 0 aromatic rings. The van der Waals surface area contributed by atoms with Gasteiger partial charge >= 0.3 is 0 Å². The minimum atomic E-state index is -1.38. The average molecular weight is 300 g/mol. The molecule has 0 aromatic heterocycles. The molecule has 0 bridgehead atoms. The summed E-state index contributed by atoms with van der Waals surface area (Å²) >= 11 is 0. The van der Waals surface area contributed by atoms with Gasteiger partial charge in [0.05, 0.1) is 24.8 Å². The Kier molecular flexibility index (Phi) is 2.55. The van der Waals surface area contributed by atoms with Crippen LogP contribution < -0.4 is 5.73 Å². The summed E-state index contributed by atoms with van der Waals surface area (Å²) in [6.45, 7) is 2.26. The lowest BCUT2D eigenvalue weighted by Crippen LogP contribution is -2.42. The molecule has 2 spiro atoms. The van der Waals surface area contributed by atoms with Gasteiger partial charge in [0.15, 0.2) is 5.41 Å². The van der Waals surface area contributed by atoms with Crippen molar-refractivity contribution in [3.63, 3.8) is 0 Å². The highest BCUT2D eigenvalue weighted by Gasteiger charge is 3.00. The first-order chi connectivity index (χ1) is 10.6. The first-order valence-electron chi connectivity index (χ1n) is 8.06. The minimum Gasteiger partial charge on any atom is -0.386 e. The molecular formula is C16H20N4O2. The number of amidine groups is 1. The summed E-state index contributed by atoms with van der Waals surface area (Å²) in [6.07, 6.45) is 5.75. The third kappa shape index (κ3) is 1.09. The third-order valence-electron chi connectivity index (χ3n) is 6.23. The van der Waals surface area contributed by atoms with E-state index in [-0.39, 0.29) is 11.9 Å². The third-order valence-corrected chi connectivity index (χ3v) is 6.23. The zero-order chi connectivity index (χ0) is 15.6. The quantitative estimate of drug-likeness (QED) is 0.734. The number of aliphatic imine (C=N–C) groups is 1. The topological polar surface area (TPSA) is 104 Å². The summed E-state index contributed by atoms with van der Waals surface area (Å²) in [5.41, 5.74) is 3.57. The van der Waals surface area contributed by atoms with Crippen molar-refractivity contribution < 1.29 is 9.47 Å². The molecule has 2 aliphatic heterocycles. The predicted molar refractivity (Wildman–Crippen MR) is 77.1 cm³/mol. The first kappa shape index (κ1) is 14.0. The standard InChI is InChI=1S/C16H20N4O2/c1-11-8-21-16(22-11)15(10-18)13(6-4-2-3-5-7-13)14(15,9-17)12(19)20-16/h11H,2-8H2,1H3,(H2,19,20)/t11-,14-,15+,16+/m0/s1. The highest BCUT2D eigenvalue weighted by atomic mass is 16.8. The molecule has 6 heteroatoms. The highest BCUT2D eigenvalue weighted by molar-refractivity contribution is 6.00. The molecule has 2 aliphatic carbocycles. The van der Waals surface area contributed by atoms with Crippen molar-refractivity contribution in [1.82, 2.24) is 0 Å². The summed E-state index contributed by atoms with van der Waals surface area (Å²) < 4.78 is 11.8. The summed E-state index contributed by atoms with van der Waals surface area (Å²) in [5, 5.41) is 20.1. The molecule has 2 N–H and O–H groups in total. The number of nitriles is 2. The van der Waals surface area contributed by atoms with E-state index < -0.39 is 22.2 Å². The molecule has 4 rings (SSSR count). The smallest absolute Gasteiger partial charge is 0.293 e. The molecule has 4 aliphatic rings. The average Bonchev–Trinajstić information content (AvgIpc) is 2.88. The Morgan fingerprint density at radius 3 is 2.36 bits per heavy atom. The van der Waals surface area contributed by atoms with Crippen molar-refractivity contribution in [2.45, 2.75) is 57.5 Å². The molecule has 6 nitrogen and oxygen atoms in total. The molecule has 1 saturated heterocycles. The predicted octanol–water partition coefficient (Wildman–Crippen LogP) is 1.82. The summed E-state index contributed by atoms with van der Waals surface area (Å²) in [4.78, 5) is 4.37. The van der Waals surface area contributed by atoms with Crippen molar-refractivity contribution in [3.05, 3.63) is 0 Å². The summed E-state index contributed by atoms with van der Waals surface area (Å²) in [6, 6.07) is 4.78. The van der Waals surface area contributed by atoms with E-state index in [1.54, 1.807) is 0 Å². The van der Waals surface area contributed by atoms with Crippen LogP contribution in [-0.2, 0) is 9.47 Å². The Morgan fingerprint density at radius 2 is 1.86 bits per heavy atom. The second-order valence-electron chi connectivity index (χ2n) is 7.04. The van der Waals surface area contributed by atoms with Crippen LogP contribution in [0.25, 0.3) is 0 Å². The van der Waals surface area contributed by atoms with Crippen LogP contribution in [0.5, 0.6) is 0 Å². The number of fused-ring (bicyclic) bond motifs is 4. The highest BCUT2D eigenvalue weighted by Crippen LogP contribution is 2.89. The van der Waals surface area contributed by atoms with Crippen LogP contribution in [0.3, 0.4) is 0 Å². The van der Waals surface area contributed by atoms with E-state index in [0.717, 1.165) is 38.5 Å². The molecule has 0 radical (unpaired) electrons. The van der Waals surface area contributed by atoms with Crippen LogP contribution in [0.1, 0.15) is 45.4 Å². The summed E-state index contributed by atoms with van der Waals surface area (Å²) in [5.74, 6) is -1.15. The van der Waals surface area contributed by atoms with Crippen LogP contribution >= 0.6 is 0 Å². The lowest BCUT2D eigenvalue weighted by molar-refractivity contribution is -0.201. The SMILES string of the molecule is C[C@H]1CO[C@@]2(N=C(N)[C@@]3(C#N)C4(CCCCCC4)[C@@]23C#N)O1. The molecule has 0 unspecified atom stereocenters. The van der Waals surface area contributed by atoms with Gasteiger partial charge in [0, 0.05) is 5.41 Å². The second kappa shape index (κ2) is 4.01. The molecular weight excluding hydrogens is 280 g/mol. The van der Waals surface area contributed by atoms with E-state index in [1.165, 1.54) is 0 Å². The maximum atomic E-state index is 10.1. The number of ether oxygens (including phenoxy) is 2. The van der Waals surface area contributed by atoms with Crippen molar-refractivity contribution in [3.8, 4) is 12.1 Å². The monoisotopic (exact) mass is 300 g/mol. The number of nitrogens with two attached hydrogens (primary N) is 1. The van der Waals surface area contributed by atoms with E-state index in [1.807, 2.05) is 6.92 Å². The van der Waals surface area contributed by atoms with Gasteiger partial charge in [0.25, 0.3) is 5.91 Å². The second-order valence-corrected chi connectivity index (χ2v) is 7.04. The number of rotatable bonds is 0. The molecule has 0 aromatic carbocycles. The fourth-order valence-corrected chi connectivity index (χ4v) is 5.41. The normalized spacial score (nSPS) is 48.3. The van der Waals surface area contributed by atoms with E-state index in [4.69, 9.17) is 15.2 Å². The first-order valence-corrected chi connectivity index (χ1v) is 8.06. The number of hydrogen-bond acceptors (Lipinski definition) is 6. The summed E-state index contributed by atoms with van der Waals surface area (Å²) in [7, 11) is 0. The maximum absolute atomic E-state index is 10.1. The van der Waals surface area contributed by atoms with Crippen LogP contribution in [0.4, 0.5) is 0 Å². The van der Waals surface area contributed by atoms with Gasteiger partial charge in [-0.1, -0.05) is 25.7 Å². The van der Waals surface area contributed by atoms with Crippen LogP contribution in [-0.4, -0.2) is 24.5 Å². The number of nitrogens with zero attached hydrogens (tertiary/aromatic N) is 3. The van der Waals surface area contributed by atoms with Gasteiger partial charge < -0.3 is 15.2 Å². The van der Waals surface area contributed by atoms with Gasteiger partial charge in [-0.25, -0.2) is 4.99 Å². The number of hydrogen-bond donors (Lipinski definition) is 1. The van der Waals surface area contributed by atoms with Crippen molar-refractivity contribution >= 4 is 5.84 Å². The Labute approximate surface area is 129 Å². The van der Waals surface area contributed by atoms with Crippen molar-refractivity contribution in [2.24, 2.45) is 27.0 Å². The Bertz CT molecular complexity index is 640. The Morgan fingerprint density at radius 1 is 1.18 bits per heavy atom. The van der Waals surface area contributed by atoms with E-state index >= 15 is 0 Å². The Hall–Kier alpha value is -1.63. The fourth-order valence-electron chi connectivity index (χ4n) is 5.41. The van der Waals surface area contributed by atoms with E-state index in [2.05, 4.69) is 17.1 Å². The molecule has 0 amide bonds. The maximum Gasteiger partial charge on any atom is 0.293 e. The van der Waals surface area contributed by atoms with Crippen LogP contribution in [0.2, 0.25) is 0 Å². The lowest BCUT2D eigenvalue weighted by Gasteiger charge is -2.31. The van der Waals surface area contributed by atoms with Gasteiger partial charge in [0.1, 0.15) is 11.3 Å². The van der Waals surface area contributed by atoms with Gasteiger partial charge in [-0.05, 0) is 19.8 Å². The fraction of sp³-hybridized carbons (Fsp3) is 0.812. The molecule has 2 saturated carbocycles. The zero-order valence-corrected chi connectivity index (χ0v) is 12.8. The van der Waals surface area contributed by atoms with Crippen LogP contribution in [0, 0.1) is 38.9 Å². The van der Waals surface area contributed by atoms with Crippen molar-refractivity contribution in [1.29, 1.82) is 10.5 Å². The van der Waals surface area contributed by atoms with Gasteiger partial charge in [-0.3, -0.25) is 0 Å². The van der Waals surface area contributed by atoms with Gasteiger partial charge in [-0.2, -0.15) is 10.5 Å². The lowest BCUT2D eigenvalue weighted by atomic mass is 9.83. The molecule has 2 heterocycles. The van der Waals surface area contributed by atoms with Gasteiger partial charge in [0.2, 0.25) is 0 Å². The van der Waals surface area contributed by atoms with Crippen LogP contribution in [0.15, 0.2) is 4.99 Å². The molecule has 116 valence electrons. The molecule has 4 atom stereocenters. The van der Waals surface area contributed by atoms with E-state index in [0.29, 0.717) is 6.61 Å². The molecule has 22 heavy (non-hydrogen) atoms. The van der Waals surface area contributed by atoms with E-state index in [9.17, 15) is 10.5 Å². The largest absolute Gasteiger partial charge is 0.386 e. The van der Waals surface area contributed by atoms with Gasteiger partial charge in [-0.15, -0.1) is 0 Å².